The summed E-state index contributed by atoms with van der Waals surface area (Å²) < 4.78 is 32.6. The van der Waals surface area contributed by atoms with Gasteiger partial charge < -0.3 is 10.2 Å². The minimum Gasteiger partial charge on any atom is -0.508 e. The van der Waals surface area contributed by atoms with Gasteiger partial charge in [-0.25, -0.2) is 0 Å². The number of halogens is 1. The molecule has 0 aromatic heterocycles. The zero-order valence-corrected chi connectivity index (χ0v) is 8.61. The van der Waals surface area contributed by atoms with E-state index in [1.54, 1.807) is 12.1 Å². The van der Waals surface area contributed by atoms with Gasteiger partial charge >= 0.3 is 10.2 Å². The van der Waals surface area contributed by atoms with Crippen LogP contribution >= 0.6 is 0 Å². The molecule has 0 radical (unpaired) electrons. The second-order valence-corrected chi connectivity index (χ2v) is 4.60. The maximum Gasteiger partial charge on any atom is 0.304 e. The van der Waals surface area contributed by atoms with E-state index < -0.39 is 22.1 Å². The van der Waals surface area contributed by atoms with Gasteiger partial charge in [0.15, 0.2) is 0 Å². The second-order valence-electron chi connectivity index (χ2n) is 3.19. The van der Waals surface area contributed by atoms with E-state index in [0.717, 1.165) is 0 Å². The summed E-state index contributed by atoms with van der Waals surface area (Å²) in [5.74, 6) is -1.01. The Labute approximate surface area is 87.2 Å². The van der Waals surface area contributed by atoms with E-state index in [0.29, 0.717) is 5.56 Å². The van der Waals surface area contributed by atoms with Crippen LogP contribution in [0, 0.1) is 0 Å². The van der Waals surface area contributed by atoms with Crippen molar-refractivity contribution in [2.24, 2.45) is 0 Å². The third kappa shape index (κ3) is 4.26. The van der Waals surface area contributed by atoms with E-state index in [1.165, 1.54) is 12.1 Å². The standard InChI is InChI=1S/C9H11FO4S/c10-15(13,14)6-8(11)5-7-3-1-2-4-9(7)12/h1-4,8,11-12H,5-6H2. The molecule has 4 nitrogen and oxygen atoms in total. The van der Waals surface area contributed by atoms with Gasteiger partial charge in [-0.15, -0.1) is 3.89 Å². The van der Waals surface area contributed by atoms with Gasteiger partial charge in [0.05, 0.1) is 6.10 Å². The molecular formula is C9H11FO4S. The van der Waals surface area contributed by atoms with Crippen molar-refractivity contribution in [3.63, 3.8) is 0 Å². The lowest BCUT2D eigenvalue weighted by Gasteiger charge is -2.08. The normalized spacial score (nSPS) is 13.7. The first-order chi connectivity index (χ1) is 6.88. The Hall–Kier alpha value is -1.14. The van der Waals surface area contributed by atoms with Gasteiger partial charge in [-0.3, -0.25) is 0 Å². The SMILES string of the molecule is O=S(=O)(F)CC(O)Cc1ccccc1O. The topological polar surface area (TPSA) is 74.6 Å². The first-order valence-corrected chi connectivity index (χ1v) is 5.81. The molecule has 0 saturated heterocycles. The number of aliphatic hydroxyl groups excluding tert-OH is 1. The summed E-state index contributed by atoms with van der Waals surface area (Å²) in [6, 6.07) is 6.16. The van der Waals surface area contributed by atoms with E-state index >= 15 is 0 Å². The fourth-order valence-electron chi connectivity index (χ4n) is 1.23. The Balaban J connectivity index is 2.67. The highest BCUT2D eigenvalue weighted by molar-refractivity contribution is 7.86. The fraction of sp³-hybridized carbons (Fsp3) is 0.333. The molecule has 15 heavy (non-hydrogen) atoms. The third-order valence-corrected chi connectivity index (χ3v) is 2.62. The highest BCUT2D eigenvalue weighted by Gasteiger charge is 2.17. The van der Waals surface area contributed by atoms with Crippen LogP contribution in [-0.2, 0) is 16.6 Å². The zero-order chi connectivity index (χ0) is 11.5. The van der Waals surface area contributed by atoms with Crippen LogP contribution in [0.3, 0.4) is 0 Å². The Morgan fingerprint density at radius 3 is 2.47 bits per heavy atom. The fourth-order valence-corrected chi connectivity index (χ4v) is 1.80. The predicted molar refractivity (Wildman–Crippen MR) is 52.7 cm³/mol. The van der Waals surface area contributed by atoms with Gasteiger partial charge in [0, 0.05) is 6.42 Å². The number of aliphatic hydroxyl groups is 1. The van der Waals surface area contributed by atoms with Crippen LogP contribution in [0.5, 0.6) is 5.75 Å². The predicted octanol–water partition coefficient (Wildman–Crippen LogP) is 0.595. The minimum absolute atomic E-state index is 0.0483. The summed E-state index contributed by atoms with van der Waals surface area (Å²) >= 11 is 0. The Morgan fingerprint density at radius 2 is 1.93 bits per heavy atom. The van der Waals surface area contributed by atoms with Gasteiger partial charge in [-0.1, -0.05) is 18.2 Å². The molecular weight excluding hydrogens is 223 g/mol. The molecule has 1 aromatic rings. The summed E-state index contributed by atoms with van der Waals surface area (Å²) in [4.78, 5) is 0. The van der Waals surface area contributed by atoms with Crippen LogP contribution in [0.15, 0.2) is 24.3 Å². The molecule has 0 saturated carbocycles. The van der Waals surface area contributed by atoms with Crippen LogP contribution in [0.25, 0.3) is 0 Å². The van der Waals surface area contributed by atoms with E-state index in [2.05, 4.69) is 0 Å². The summed E-state index contributed by atoms with van der Waals surface area (Å²) in [6.07, 6.45) is -1.45. The Kier molecular flexibility index (Phi) is 3.65. The molecule has 84 valence electrons. The average Bonchev–Trinajstić information content (AvgIpc) is 2.05. The van der Waals surface area contributed by atoms with E-state index in [-0.39, 0.29) is 12.2 Å². The number of benzene rings is 1. The van der Waals surface area contributed by atoms with Crippen LogP contribution in [-0.4, -0.2) is 30.5 Å². The average molecular weight is 234 g/mol. The maximum atomic E-state index is 12.2. The summed E-state index contributed by atoms with van der Waals surface area (Å²) in [7, 11) is -4.69. The lowest BCUT2D eigenvalue weighted by atomic mass is 10.1. The molecule has 1 aromatic carbocycles. The maximum absolute atomic E-state index is 12.2. The minimum atomic E-state index is -4.69. The van der Waals surface area contributed by atoms with Gasteiger partial charge in [0.1, 0.15) is 11.5 Å². The van der Waals surface area contributed by atoms with Crippen molar-refractivity contribution in [3.8, 4) is 5.75 Å². The van der Waals surface area contributed by atoms with Crippen LogP contribution in [0.2, 0.25) is 0 Å². The summed E-state index contributed by atoms with van der Waals surface area (Å²) in [6.45, 7) is 0. The molecule has 0 aliphatic carbocycles. The van der Waals surface area contributed by atoms with Gasteiger partial charge in [-0.2, -0.15) is 8.42 Å². The molecule has 0 fully saturated rings. The highest BCUT2D eigenvalue weighted by atomic mass is 32.3. The largest absolute Gasteiger partial charge is 0.508 e. The zero-order valence-electron chi connectivity index (χ0n) is 7.80. The molecule has 0 heterocycles. The van der Waals surface area contributed by atoms with Crippen LogP contribution in [0.4, 0.5) is 3.89 Å². The van der Waals surface area contributed by atoms with Crippen molar-refractivity contribution in [3.05, 3.63) is 29.8 Å². The van der Waals surface area contributed by atoms with Gasteiger partial charge in [0.25, 0.3) is 0 Å². The Bertz CT molecular complexity index is 429. The molecule has 2 N–H and O–H groups in total. The molecule has 1 atom stereocenters. The van der Waals surface area contributed by atoms with Crippen molar-refractivity contribution in [2.45, 2.75) is 12.5 Å². The number of rotatable bonds is 4. The monoisotopic (exact) mass is 234 g/mol. The third-order valence-electron chi connectivity index (χ3n) is 1.84. The van der Waals surface area contributed by atoms with Gasteiger partial charge in [0.2, 0.25) is 0 Å². The molecule has 0 spiro atoms. The summed E-state index contributed by atoms with van der Waals surface area (Å²) in [5, 5.41) is 18.5. The number of aromatic hydroxyl groups is 1. The van der Waals surface area contributed by atoms with Crippen LogP contribution < -0.4 is 0 Å². The smallest absolute Gasteiger partial charge is 0.304 e. The number of phenols is 1. The molecule has 0 aliphatic heterocycles. The molecule has 6 heteroatoms. The molecule has 1 rings (SSSR count). The Morgan fingerprint density at radius 1 is 1.33 bits per heavy atom. The van der Waals surface area contributed by atoms with E-state index in [4.69, 9.17) is 0 Å². The number of phenolic OH excluding ortho intramolecular Hbond substituents is 1. The number of hydrogen-bond acceptors (Lipinski definition) is 4. The van der Waals surface area contributed by atoms with Crippen molar-refractivity contribution in [1.29, 1.82) is 0 Å². The first-order valence-electron chi connectivity index (χ1n) is 4.26. The van der Waals surface area contributed by atoms with Crippen LogP contribution in [0.1, 0.15) is 5.56 Å². The molecule has 0 amide bonds. The second kappa shape index (κ2) is 4.59. The number of para-hydroxylation sites is 1. The van der Waals surface area contributed by atoms with Crippen molar-refractivity contribution in [1.82, 2.24) is 0 Å². The highest BCUT2D eigenvalue weighted by Crippen LogP contribution is 2.17. The van der Waals surface area contributed by atoms with Crippen molar-refractivity contribution >= 4 is 10.2 Å². The lowest BCUT2D eigenvalue weighted by molar-refractivity contribution is 0.195. The van der Waals surface area contributed by atoms with E-state index in [9.17, 15) is 22.5 Å². The van der Waals surface area contributed by atoms with Gasteiger partial charge in [-0.05, 0) is 11.6 Å². The van der Waals surface area contributed by atoms with Crippen molar-refractivity contribution in [2.75, 3.05) is 5.75 Å². The summed E-state index contributed by atoms with van der Waals surface area (Å²) in [5.41, 5.74) is 0.383. The molecule has 1 unspecified atom stereocenters. The first kappa shape index (κ1) is 11.9. The molecule has 0 aliphatic rings. The molecule has 0 bridgehead atoms. The van der Waals surface area contributed by atoms with Crippen molar-refractivity contribution < 1.29 is 22.5 Å². The van der Waals surface area contributed by atoms with E-state index in [1.807, 2.05) is 0 Å². The number of hydrogen-bond donors (Lipinski definition) is 2. The quantitative estimate of drug-likeness (QED) is 0.748. The lowest BCUT2D eigenvalue weighted by Crippen LogP contribution is -2.20.